The van der Waals surface area contributed by atoms with Gasteiger partial charge in [-0.3, -0.25) is 10.2 Å². The molecule has 0 aliphatic carbocycles. The van der Waals surface area contributed by atoms with Crippen LogP contribution in [0.15, 0.2) is 24.2 Å². The van der Waals surface area contributed by atoms with Crippen molar-refractivity contribution in [2.45, 2.75) is 19.9 Å². The molecule has 0 unspecified atom stereocenters. The maximum absolute atomic E-state index is 11.6. The molecule has 0 spiro atoms. The van der Waals surface area contributed by atoms with Gasteiger partial charge in [0.25, 0.3) is 5.91 Å². The monoisotopic (exact) mass is 223 g/mol. The molecule has 0 fully saturated rings. The number of guanidine groups is 1. The Bertz CT molecular complexity index is 358. The lowest BCUT2D eigenvalue weighted by Crippen LogP contribution is -2.44. The summed E-state index contributed by atoms with van der Waals surface area (Å²) in [4.78, 5) is 13.4. The normalized spacial score (nSPS) is 15.9. The number of nitrogens with zero attached hydrogens (tertiary/aromatic N) is 1. The van der Waals surface area contributed by atoms with E-state index in [-0.39, 0.29) is 24.5 Å². The lowest BCUT2D eigenvalue weighted by Gasteiger charge is -2.32. The molecule has 6 heteroatoms. The number of carbonyl (C=O) groups excluding carboxylic acids is 1. The fourth-order valence-electron chi connectivity index (χ4n) is 1.36. The maximum Gasteiger partial charge on any atom is 0.255 e. The van der Waals surface area contributed by atoms with Gasteiger partial charge in [-0.15, -0.1) is 0 Å². The Hall–Kier alpha value is -1.98. The smallest absolute Gasteiger partial charge is 0.255 e. The van der Waals surface area contributed by atoms with Crippen LogP contribution < -0.4 is 16.4 Å². The van der Waals surface area contributed by atoms with E-state index >= 15 is 0 Å². The van der Waals surface area contributed by atoms with E-state index < -0.39 is 0 Å². The molecule has 0 bridgehead atoms. The highest BCUT2D eigenvalue weighted by molar-refractivity contribution is 5.96. The summed E-state index contributed by atoms with van der Waals surface area (Å²) in [6.45, 7) is 7.98. The zero-order valence-electron chi connectivity index (χ0n) is 9.50. The summed E-state index contributed by atoms with van der Waals surface area (Å²) in [5.74, 6) is 0.191. The van der Waals surface area contributed by atoms with Crippen LogP contribution in [0.3, 0.4) is 0 Å². The predicted octanol–water partition coefficient (Wildman–Crippen LogP) is -0.335. The maximum atomic E-state index is 11.6. The summed E-state index contributed by atoms with van der Waals surface area (Å²) >= 11 is 0. The van der Waals surface area contributed by atoms with Gasteiger partial charge in [-0.05, 0) is 13.8 Å². The molecule has 0 radical (unpaired) electrons. The molecule has 0 atom stereocenters. The van der Waals surface area contributed by atoms with Gasteiger partial charge in [-0.2, -0.15) is 0 Å². The first-order valence-electron chi connectivity index (χ1n) is 4.99. The van der Waals surface area contributed by atoms with Gasteiger partial charge in [0.15, 0.2) is 5.96 Å². The molecule has 6 nitrogen and oxygen atoms in total. The molecule has 0 saturated heterocycles. The van der Waals surface area contributed by atoms with E-state index in [4.69, 9.17) is 11.1 Å². The molecule has 1 heterocycles. The minimum atomic E-state index is -0.212. The molecule has 0 aromatic carbocycles. The highest BCUT2D eigenvalue weighted by atomic mass is 16.2. The van der Waals surface area contributed by atoms with E-state index in [1.165, 1.54) is 0 Å². The molecule has 1 amide bonds. The Morgan fingerprint density at radius 2 is 2.38 bits per heavy atom. The second-order valence-corrected chi connectivity index (χ2v) is 3.82. The SMILES string of the molecule is C=C1NC(=O)C(CNC(=N)N)=CN1C(C)C. The summed E-state index contributed by atoms with van der Waals surface area (Å²) < 4.78 is 0. The van der Waals surface area contributed by atoms with Gasteiger partial charge in [-0.1, -0.05) is 6.58 Å². The number of nitrogens with one attached hydrogen (secondary N) is 3. The molecule has 1 rings (SSSR count). The van der Waals surface area contributed by atoms with Gasteiger partial charge >= 0.3 is 0 Å². The zero-order chi connectivity index (χ0) is 12.3. The van der Waals surface area contributed by atoms with Gasteiger partial charge in [0.1, 0.15) is 5.82 Å². The third kappa shape index (κ3) is 2.75. The molecule has 0 aromatic heterocycles. The minimum Gasteiger partial charge on any atom is -0.370 e. The Morgan fingerprint density at radius 1 is 1.75 bits per heavy atom. The molecule has 16 heavy (non-hydrogen) atoms. The minimum absolute atomic E-state index is 0.158. The first-order valence-corrected chi connectivity index (χ1v) is 4.99. The van der Waals surface area contributed by atoms with Crippen LogP contribution in [-0.4, -0.2) is 29.4 Å². The van der Waals surface area contributed by atoms with E-state index in [0.717, 1.165) is 0 Å². The first kappa shape index (κ1) is 12.1. The van der Waals surface area contributed by atoms with Gasteiger partial charge < -0.3 is 21.3 Å². The van der Waals surface area contributed by atoms with Crippen molar-refractivity contribution < 1.29 is 4.79 Å². The Balaban J connectivity index is 2.80. The second kappa shape index (κ2) is 4.69. The van der Waals surface area contributed by atoms with Crippen molar-refractivity contribution >= 4 is 11.9 Å². The van der Waals surface area contributed by atoms with E-state index in [1.54, 1.807) is 6.20 Å². The Labute approximate surface area is 94.7 Å². The van der Waals surface area contributed by atoms with Crippen molar-refractivity contribution in [2.24, 2.45) is 5.73 Å². The van der Waals surface area contributed by atoms with Crippen LogP contribution in [0, 0.1) is 5.41 Å². The fraction of sp³-hybridized carbons (Fsp3) is 0.400. The van der Waals surface area contributed by atoms with E-state index in [0.29, 0.717) is 11.4 Å². The van der Waals surface area contributed by atoms with Gasteiger partial charge in [-0.25, -0.2) is 0 Å². The average Bonchev–Trinajstić information content (AvgIpc) is 2.15. The highest BCUT2D eigenvalue weighted by Gasteiger charge is 2.22. The molecule has 0 aromatic rings. The number of carbonyl (C=O) groups is 1. The number of nitrogens with two attached hydrogens (primary N) is 1. The summed E-state index contributed by atoms with van der Waals surface area (Å²) in [6, 6.07) is 0.209. The average molecular weight is 223 g/mol. The third-order valence-electron chi connectivity index (χ3n) is 2.18. The lowest BCUT2D eigenvalue weighted by atomic mass is 10.2. The van der Waals surface area contributed by atoms with Crippen LogP contribution >= 0.6 is 0 Å². The van der Waals surface area contributed by atoms with Crippen molar-refractivity contribution in [3.8, 4) is 0 Å². The van der Waals surface area contributed by atoms with Crippen molar-refractivity contribution in [3.63, 3.8) is 0 Å². The summed E-state index contributed by atoms with van der Waals surface area (Å²) in [6.07, 6.45) is 1.72. The van der Waals surface area contributed by atoms with Gasteiger partial charge in [0.2, 0.25) is 0 Å². The molecule has 0 saturated carbocycles. The summed E-state index contributed by atoms with van der Waals surface area (Å²) in [5, 5.41) is 12.3. The first-order chi connectivity index (χ1) is 7.41. The van der Waals surface area contributed by atoms with Crippen molar-refractivity contribution in [2.75, 3.05) is 6.54 Å². The van der Waals surface area contributed by atoms with E-state index in [2.05, 4.69) is 17.2 Å². The van der Waals surface area contributed by atoms with Crippen LogP contribution in [0.4, 0.5) is 0 Å². The lowest BCUT2D eigenvalue weighted by molar-refractivity contribution is -0.117. The number of hydrogen-bond acceptors (Lipinski definition) is 3. The fourth-order valence-corrected chi connectivity index (χ4v) is 1.36. The van der Waals surface area contributed by atoms with Gasteiger partial charge in [0.05, 0.1) is 5.57 Å². The number of hydrogen-bond donors (Lipinski definition) is 4. The Kier molecular flexibility index (Phi) is 3.55. The van der Waals surface area contributed by atoms with Gasteiger partial charge in [0, 0.05) is 18.8 Å². The van der Waals surface area contributed by atoms with Crippen molar-refractivity contribution in [1.82, 2.24) is 15.5 Å². The van der Waals surface area contributed by atoms with Crippen LogP contribution in [0.25, 0.3) is 0 Å². The van der Waals surface area contributed by atoms with Crippen LogP contribution in [0.2, 0.25) is 0 Å². The molecule has 1 aliphatic rings. The third-order valence-corrected chi connectivity index (χ3v) is 2.18. The molecular weight excluding hydrogens is 206 g/mol. The Morgan fingerprint density at radius 3 is 2.88 bits per heavy atom. The van der Waals surface area contributed by atoms with E-state index in [1.807, 2.05) is 18.7 Å². The largest absolute Gasteiger partial charge is 0.370 e. The molecule has 5 N–H and O–H groups in total. The van der Waals surface area contributed by atoms with E-state index in [9.17, 15) is 4.79 Å². The predicted molar refractivity (Wildman–Crippen MR) is 62.3 cm³/mol. The van der Waals surface area contributed by atoms with Crippen LogP contribution in [0.5, 0.6) is 0 Å². The zero-order valence-corrected chi connectivity index (χ0v) is 9.50. The quantitative estimate of drug-likeness (QED) is 0.389. The standard InChI is InChI=1S/C10H17N5O/c1-6(2)15-5-8(4-13-10(11)12)9(16)14-7(15)3/h5-6H,3-4H2,1-2H3,(H,14,16)(H4,11,12,13). The summed E-state index contributed by atoms with van der Waals surface area (Å²) in [5.41, 5.74) is 5.68. The summed E-state index contributed by atoms with van der Waals surface area (Å²) in [7, 11) is 0. The second-order valence-electron chi connectivity index (χ2n) is 3.82. The van der Waals surface area contributed by atoms with Crippen LogP contribution in [0.1, 0.15) is 13.8 Å². The number of rotatable bonds is 3. The van der Waals surface area contributed by atoms with Crippen LogP contribution in [-0.2, 0) is 4.79 Å². The highest BCUT2D eigenvalue weighted by Crippen LogP contribution is 2.14. The molecule has 88 valence electrons. The molecule has 1 aliphatic heterocycles. The van der Waals surface area contributed by atoms with Crippen molar-refractivity contribution in [1.29, 1.82) is 5.41 Å². The molecular formula is C10H17N5O. The van der Waals surface area contributed by atoms with Crippen molar-refractivity contribution in [3.05, 3.63) is 24.2 Å². The topological polar surface area (TPSA) is 94.2 Å². The number of amides is 1.